The summed E-state index contributed by atoms with van der Waals surface area (Å²) in [7, 11) is 3.11. The fourth-order valence-electron chi connectivity index (χ4n) is 2.76. The van der Waals surface area contributed by atoms with Crippen LogP contribution in [0.25, 0.3) is 0 Å². The molecule has 0 atom stereocenters. The van der Waals surface area contributed by atoms with Crippen LogP contribution >= 0.6 is 11.5 Å². The smallest absolute Gasteiger partial charge is 0.273 e. The average molecular weight is 426 g/mol. The predicted octanol–water partition coefficient (Wildman–Crippen LogP) is 2.60. The highest BCUT2D eigenvalue weighted by molar-refractivity contribution is 7.09. The first-order valence-corrected chi connectivity index (χ1v) is 9.87. The van der Waals surface area contributed by atoms with E-state index in [0.29, 0.717) is 18.0 Å². The molecule has 0 saturated heterocycles. The molecule has 2 aromatic carbocycles. The Labute approximate surface area is 178 Å². The lowest BCUT2D eigenvalue weighted by Gasteiger charge is -2.11. The highest BCUT2D eigenvalue weighted by Crippen LogP contribution is 2.25. The van der Waals surface area contributed by atoms with E-state index in [4.69, 9.17) is 15.2 Å². The monoisotopic (exact) mass is 426 g/mol. The van der Waals surface area contributed by atoms with Gasteiger partial charge in [0.25, 0.3) is 11.8 Å². The zero-order chi connectivity index (χ0) is 21.5. The normalized spacial score (nSPS) is 10.3. The van der Waals surface area contributed by atoms with Gasteiger partial charge in [0.05, 0.1) is 19.9 Å². The predicted molar refractivity (Wildman–Crippen MR) is 115 cm³/mol. The highest BCUT2D eigenvalue weighted by atomic mass is 32.1. The van der Waals surface area contributed by atoms with Gasteiger partial charge in [-0.1, -0.05) is 30.3 Å². The summed E-state index contributed by atoms with van der Waals surface area (Å²) in [6, 6.07) is 14.8. The maximum Gasteiger partial charge on any atom is 0.273 e. The van der Waals surface area contributed by atoms with E-state index in [-0.39, 0.29) is 22.8 Å². The van der Waals surface area contributed by atoms with E-state index >= 15 is 0 Å². The van der Waals surface area contributed by atoms with E-state index in [9.17, 15) is 9.59 Å². The van der Waals surface area contributed by atoms with Crippen molar-refractivity contribution in [3.8, 4) is 11.5 Å². The molecule has 3 rings (SSSR count). The third-order valence-electron chi connectivity index (χ3n) is 4.37. The van der Waals surface area contributed by atoms with Crippen molar-refractivity contribution in [2.24, 2.45) is 0 Å². The third kappa shape index (κ3) is 4.87. The molecule has 0 saturated carbocycles. The van der Waals surface area contributed by atoms with E-state index in [2.05, 4.69) is 15.0 Å². The quantitative estimate of drug-likeness (QED) is 0.510. The molecular weight excluding hydrogens is 404 g/mol. The number of methoxy groups -OCH3 is 2. The molecule has 2 amide bonds. The Hall–Kier alpha value is -3.59. The zero-order valence-corrected chi connectivity index (χ0v) is 17.4. The first-order valence-electron chi connectivity index (χ1n) is 9.09. The van der Waals surface area contributed by atoms with Crippen LogP contribution in [0, 0.1) is 0 Å². The molecule has 0 radical (unpaired) electrons. The molecule has 8 nitrogen and oxygen atoms in total. The van der Waals surface area contributed by atoms with Crippen LogP contribution in [0.2, 0.25) is 0 Å². The summed E-state index contributed by atoms with van der Waals surface area (Å²) >= 11 is 0.883. The van der Waals surface area contributed by atoms with Crippen LogP contribution in [-0.4, -0.2) is 30.4 Å². The SMILES string of the molecule is COc1ccc(OC)c(CNC(=O)c2snc(C(=O)NCc3ccccc3)c2N)c1. The number of carbonyl (C=O) groups excluding carboxylic acids is 2. The second-order valence-corrected chi connectivity index (χ2v) is 7.08. The van der Waals surface area contributed by atoms with Gasteiger partial charge in [-0.05, 0) is 35.3 Å². The molecule has 156 valence electrons. The summed E-state index contributed by atoms with van der Waals surface area (Å²) in [5.74, 6) is 0.419. The van der Waals surface area contributed by atoms with Crippen molar-refractivity contribution in [2.75, 3.05) is 20.0 Å². The summed E-state index contributed by atoms with van der Waals surface area (Å²) in [4.78, 5) is 25.2. The fraction of sp³-hybridized carbons (Fsp3) is 0.190. The van der Waals surface area contributed by atoms with Crippen LogP contribution < -0.4 is 25.8 Å². The molecule has 4 N–H and O–H groups in total. The molecule has 0 unspecified atom stereocenters. The van der Waals surface area contributed by atoms with Gasteiger partial charge in [0.2, 0.25) is 0 Å². The number of hydrogen-bond donors (Lipinski definition) is 3. The molecule has 0 aliphatic rings. The number of nitrogens with one attached hydrogen (secondary N) is 2. The van der Waals surface area contributed by atoms with Crippen LogP contribution in [0.4, 0.5) is 5.69 Å². The summed E-state index contributed by atoms with van der Waals surface area (Å²) in [5.41, 5.74) is 7.82. The number of benzene rings is 2. The van der Waals surface area contributed by atoms with Gasteiger partial charge in [0, 0.05) is 18.7 Å². The van der Waals surface area contributed by atoms with E-state index in [1.807, 2.05) is 30.3 Å². The summed E-state index contributed by atoms with van der Waals surface area (Å²) in [5, 5.41) is 5.53. The Bertz CT molecular complexity index is 1040. The van der Waals surface area contributed by atoms with Gasteiger partial charge >= 0.3 is 0 Å². The van der Waals surface area contributed by atoms with Crippen LogP contribution in [0.1, 0.15) is 31.3 Å². The van der Waals surface area contributed by atoms with Crippen LogP contribution in [0.15, 0.2) is 48.5 Å². The van der Waals surface area contributed by atoms with Crippen molar-refractivity contribution in [1.29, 1.82) is 0 Å². The van der Waals surface area contributed by atoms with Crippen molar-refractivity contribution in [3.05, 3.63) is 70.2 Å². The number of nitrogens with zero attached hydrogens (tertiary/aromatic N) is 1. The summed E-state index contributed by atoms with van der Waals surface area (Å²) < 4.78 is 14.6. The second-order valence-electron chi connectivity index (χ2n) is 6.30. The minimum absolute atomic E-state index is 0.0417. The molecule has 0 bridgehead atoms. The molecule has 9 heteroatoms. The molecule has 1 aromatic heterocycles. The van der Waals surface area contributed by atoms with Crippen LogP contribution in [-0.2, 0) is 13.1 Å². The second kappa shape index (κ2) is 9.75. The van der Waals surface area contributed by atoms with Gasteiger partial charge in [0.1, 0.15) is 16.4 Å². The number of ether oxygens (including phenoxy) is 2. The lowest BCUT2D eigenvalue weighted by molar-refractivity contribution is 0.0946. The van der Waals surface area contributed by atoms with Crippen LogP contribution in [0.5, 0.6) is 11.5 Å². The zero-order valence-electron chi connectivity index (χ0n) is 16.6. The molecule has 0 aliphatic heterocycles. The number of aromatic nitrogens is 1. The Kier molecular flexibility index (Phi) is 6.87. The van der Waals surface area contributed by atoms with Gasteiger partial charge in [-0.2, -0.15) is 4.37 Å². The molecule has 1 heterocycles. The van der Waals surface area contributed by atoms with Crippen molar-refractivity contribution in [1.82, 2.24) is 15.0 Å². The first-order chi connectivity index (χ1) is 14.5. The van der Waals surface area contributed by atoms with Gasteiger partial charge in [0.15, 0.2) is 5.69 Å². The molecule has 0 aliphatic carbocycles. The number of rotatable bonds is 8. The van der Waals surface area contributed by atoms with Crippen molar-refractivity contribution in [2.45, 2.75) is 13.1 Å². The largest absolute Gasteiger partial charge is 0.497 e. The number of nitrogens with two attached hydrogens (primary N) is 1. The van der Waals surface area contributed by atoms with Crippen LogP contribution in [0.3, 0.4) is 0 Å². The van der Waals surface area contributed by atoms with Crippen molar-refractivity contribution in [3.63, 3.8) is 0 Å². The van der Waals surface area contributed by atoms with Crippen molar-refractivity contribution < 1.29 is 19.1 Å². The lowest BCUT2D eigenvalue weighted by Crippen LogP contribution is -2.25. The Morgan fingerprint density at radius 1 is 1.00 bits per heavy atom. The lowest BCUT2D eigenvalue weighted by atomic mass is 10.2. The third-order valence-corrected chi connectivity index (χ3v) is 5.23. The Morgan fingerprint density at radius 2 is 1.73 bits per heavy atom. The number of carbonyl (C=O) groups is 2. The first kappa shape index (κ1) is 21.1. The number of anilines is 1. The molecule has 3 aromatic rings. The Morgan fingerprint density at radius 3 is 2.43 bits per heavy atom. The average Bonchev–Trinajstić information content (AvgIpc) is 3.17. The highest BCUT2D eigenvalue weighted by Gasteiger charge is 2.22. The minimum Gasteiger partial charge on any atom is -0.497 e. The molecule has 0 fully saturated rings. The maximum atomic E-state index is 12.6. The number of hydrogen-bond acceptors (Lipinski definition) is 7. The molecule has 30 heavy (non-hydrogen) atoms. The summed E-state index contributed by atoms with van der Waals surface area (Å²) in [6.07, 6.45) is 0. The standard InChI is InChI=1S/C21H22N4O4S/c1-28-15-8-9-16(29-2)14(10-15)12-24-21(27)19-17(22)18(25-30-19)20(26)23-11-13-6-4-3-5-7-13/h3-10H,11-12,22H2,1-2H3,(H,23,26)(H,24,27). The minimum atomic E-state index is -0.430. The Balaban J connectivity index is 1.65. The van der Waals surface area contributed by atoms with Gasteiger partial charge < -0.3 is 25.8 Å². The van der Waals surface area contributed by atoms with E-state index in [1.54, 1.807) is 32.4 Å². The molecule has 0 spiro atoms. The van der Waals surface area contributed by atoms with Gasteiger partial charge in [-0.3, -0.25) is 9.59 Å². The van der Waals surface area contributed by atoms with E-state index in [0.717, 1.165) is 22.7 Å². The number of nitrogen functional groups attached to an aromatic ring is 1. The van der Waals surface area contributed by atoms with E-state index < -0.39 is 11.8 Å². The van der Waals surface area contributed by atoms with Gasteiger partial charge in [-0.25, -0.2) is 0 Å². The maximum absolute atomic E-state index is 12.6. The van der Waals surface area contributed by atoms with Gasteiger partial charge in [-0.15, -0.1) is 0 Å². The van der Waals surface area contributed by atoms with E-state index in [1.165, 1.54) is 0 Å². The molecular formula is C21H22N4O4S. The summed E-state index contributed by atoms with van der Waals surface area (Å²) in [6.45, 7) is 0.542. The topological polar surface area (TPSA) is 116 Å². The fourth-order valence-corrected chi connectivity index (χ4v) is 3.48. The number of amides is 2. The van der Waals surface area contributed by atoms with Crippen molar-refractivity contribution >= 4 is 29.0 Å².